The number of carbonyl (C=O) groups excluding carboxylic acids is 3. The van der Waals surface area contributed by atoms with Gasteiger partial charge in [0.15, 0.2) is 12.0 Å². The minimum atomic E-state index is -1.60. The molecule has 7 atom stereocenters. The van der Waals surface area contributed by atoms with Crippen molar-refractivity contribution in [1.82, 2.24) is 15.0 Å². The molecule has 5 unspecified atom stereocenters. The van der Waals surface area contributed by atoms with E-state index in [1.54, 1.807) is 0 Å². The van der Waals surface area contributed by atoms with Gasteiger partial charge in [0, 0.05) is 24.3 Å². The highest BCUT2D eigenvalue weighted by molar-refractivity contribution is 7.99. The van der Waals surface area contributed by atoms with Crippen molar-refractivity contribution >= 4 is 35.4 Å². The number of nitrogens with zero attached hydrogens (tertiary/aromatic N) is 3. The molecule has 1 amide bonds. The summed E-state index contributed by atoms with van der Waals surface area (Å²) >= 11 is 1.26. The maximum absolute atomic E-state index is 12.6. The Labute approximate surface area is 249 Å². The summed E-state index contributed by atoms with van der Waals surface area (Å²) in [6.45, 7) is 3.38. The molecular formula is C26H45N5O10S. The number of hydrogen-bond acceptors (Lipinski definition) is 14. The Morgan fingerprint density at radius 3 is 2.36 bits per heavy atom. The van der Waals surface area contributed by atoms with Gasteiger partial charge in [-0.15, -0.1) is 5.10 Å². The van der Waals surface area contributed by atoms with E-state index >= 15 is 0 Å². The van der Waals surface area contributed by atoms with E-state index in [-0.39, 0.29) is 42.3 Å². The number of esters is 2. The smallest absolute Gasteiger partial charge is 0.306 e. The lowest BCUT2D eigenvalue weighted by Crippen LogP contribution is -2.56. The van der Waals surface area contributed by atoms with E-state index in [1.165, 1.54) is 18.0 Å². The van der Waals surface area contributed by atoms with Gasteiger partial charge in [0.05, 0.1) is 18.8 Å². The number of carbonyl (C=O) groups is 3. The molecule has 1 aliphatic heterocycles. The zero-order valence-electron chi connectivity index (χ0n) is 24.2. The van der Waals surface area contributed by atoms with Crippen LogP contribution in [0, 0.1) is 0 Å². The maximum atomic E-state index is 12.6. The normalized spacial score (nSPS) is 23.6. The van der Waals surface area contributed by atoms with Gasteiger partial charge in [-0.05, 0) is 12.8 Å². The van der Waals surface area contributed by atoms with E-state index in [1.807, 2.05) is 13.8 Å². The molecule has 1 aromatic rings. The molecule has 0 aliphatic carbocycles. The standard InChI is InChI=1S/C26H45N5O10S/c1-3-5-7-9-20(33)39-13-16(40-21(34)10-8-6-4-2)14-42-15-17(27)25(38)28-19-11-31(30-29-19)26-24(37)23(36)22(35)18(12-32)41-26/h11,16-18,22-24,26,32,35-37H,3-10,12-15,27H2,1-2H3,(H,28,38)/t16-,17-,18?,22?,23?,24?,26?/m1/s1. The molecule has 15 nitrogen and oxygen atoms in total. The Morgan fingerprint density at radius 2 is 1.71 bits per heavy atom. The predicted molar refractivity (Wildman–Crippen MR) is 152 cm³/mol. The first-order valence-electron chi connectivity index (χ1n) is 14.3. The summed E-state index contributed by atoms with van der Waals surface area (Å²) in [5.74, 6) is -0.907. The highest BCUT2D eigenvalue weighted by Gasteiger charge is 2.44. The van der Waals surface area contributed by atoms with Gasteiger partial charge in [0.1, 0.15) is 37.1 Å². The number of anilines is 1. The highest BCUT2D eigenvalue weighted by Crippen LogP contribution is 2.28. The number of unbranched alkanes of at least 4 members (excludes halogenated alkanes) is 4. The first-order chi connectivity index (χ1) is 20.1. The molecule has 1 aliphatic rings. The third-order valence-corrected chi connectivity index (χ3v) is 7.73. The van der Waals surface area contributed by atoms with Crippen LogP contribution in [0.4, 0.5) is 5.82 Å². The molecule has 1 fully saturated rings. The van der Waals surface area contributed by atoms with Crippen LogP contribution in [0.15, 0.2) is 6.20 Å². The summed E-state index contributed by atoms with van der Waals surface area (Å²) in [6.07, 6.45) is -0.782. The number of rotatable bonds is 19. The number of nitrogens with two attached hydrogens (primary N) is 1. The summed E-state index contributed by atoms with van der Waals surface area (Å²) < 4.78 is 17.3. The van der Waals surface area contributed by atoms with Crippen LogP contribution < -0.4 is 11.1 Å². The molecule has 0 aromatic carbocycles. The number of hydrogen-bond donors (Lipinski definition) is 6. The van der Waals surface area contributed by atoms with Crippen LogP contribution in [-0.4, -0.2) is 115 Å². The number of ether oxygens (including phenoxy) is 3. The second kappa shape index (κ2) is 19.0. The summed E-state index contributed by atoms with van der Waals surface area (Å²) in [7, 11) is 0. The van der Waals surface area contributed by atoms with Crippen molar-refractivity contribution in [2.75, 3.05) is 30.0 Å². The van der Waals surface area contributed by atoms with Crippen molar-refractivity contribution in [1.29, 1.82) is 0 Å². The van der Waals surface area contributed by atoms with Crippen LogP contribution >= 0.6 is 11.8 Å². The van der Waals surface area contributed by atoms with Gasteiger partial charge in [-0.1, -0.05) is 44.7 Å². The van der Waals surface area contributed by atoms with E-state index in [4.69, 9.17) is 19.9 Å². The first kappa shape index (κ1) is 35.9. The van der Waals surface area contributed by atoms with Crippen LogP contribution in [0.1, 0.15) is 71.4 Å². The molecule has 7 N–H and O–H groups in total. The summed E-state index contributed by atoms with van der Waals surface area (Å²) in [5, 5.41) is 49.6. The van der Waals surface area contributed by atoms with Gasteiger partial charge < -0.3 is 45.7 Å². The SMILES string of the molecule is CCCCCC(=O)OC[C@H](CSC[C@@H](N)C(=O)Nc1cn(C2OC(CO)C(O)C(O)C2O)nn1)OC(=O)CCCCC. The Bertz CT molecular complexity index is 968. The number of thioether (sulfide) groups is 1. The van der Waals surface area contributed by atoms with Crippen molar-refractivity contribution in [2.45, 2.75) is 108 Å². The van der Waals surface area contributed by atoms with Crippen molar-refractivity contribution in [3.05, 3.63) is 6.20 Å². The van der Waals surface area contributed by atoms with Gasteiger partial charge in [0.2, 0.25) is 5.91 Å². The number of aromatic nitrogens is 3. The molecule has 0 saturated carbocycles. The van der Waals surface area contributed by atoms with Crippen LogP contribution in [-0.2, 0) is 28.6 Å². The molecular weight excluding hydrogens is 574 g/mol. The third-order valence-electron chi connectivity index (χ3n) is 6.52. The predicted octanol–water partition coefficient (Wildman–Crippen LogP) is -0.135. The minimum absolute atomic E-state index is 0.00807. The zero-order chi connectivity index (χ0) is 31.1. The summed E-state index contributed by atoms with van der Waals surface area (Å²) in [4.78, 5) is 36.9. The fraction of sp³-hybridized carbons (Fsp3) is 0.808. The van der Waals surface area contributed by atoms with Crippen molar-refractivity contribution in [3.63, 3.8) is 0 Å². The molecule has 2 rings (SSSR count). The maximum Gasteiger partial charge on any atom is 0.306 e. The van der Waals surface area contributed by atoms with Gasteiger partial charge in [-0.3, -0.25) is 14.4 Å². The molecule has 42 heavy (non-hydrogen) atoms. The quantitative estimate of drug-likeness (QED) is 0.0875. The van der Waals surface area contributed by atoms with Crippen molar-refractivity contribution < 1.29 is 49.0 Å². The lowest BCUT2D eigenvalue weighted by Gasteiger charge is -2.39. The third kappa shape index (κ3) is 11.7. The average Bonchev–Trinajstić information content (AvgIpc) is 3.43. The number of nitrogens with one attached hydrogen (secondary N) is 1. The molecule has 0 spiro atoms. The van der Waals surface area contributed by atoms with Crippen LogP contribution in [0.25, 0.3) is 0 Å². The molecule has 16 heteroatoms. The van der Waals surface area contributed by atoms with Crippen LogP contribution in [0.2, 0.25) is 0 Å². The van der Waals surface area contributed by atoms with Crippen molar-refractivity contribution in [3.8, 4) is 0 Å². The molecule has 0 bridgehead atoms. The van der Waals surface area contributed by atoms with Gasteiger partial charge in [-0.25, -0.2) is 4.68 Å². The number of aliphatic hydroxyl groups is 4. The first-order valence-corrected chi connectivity index (χ1v) is 15.5. The molecule has 240 valence electrons. The van der Waals surface area contributed by atoms with E-state index in [2.05, 4.69) is 15.6 Å². The number of amides is 1. The topological polar surface area (TPSA) is 229 Å². The molecule has 1 saturated heterocycles. The largest absolute Gasteiger partial charge is 0.462 e. The van der Waals surface area contributed by atoms with Gasteiger partial charge in [-0.2, -0.15) is 11.8 Å². The fourth-order valence-electron chi connectivity index (χ4n) is 4.04. The van der Waals surface area contributed by atoms with E-state index < -0.39 is 55.3 Å². The molecule has 2 heterocycles. The zero-order valence-corrected chi connectivity index (χ0v) is 25.0. The average molecular weight is 620 g/mol. The lowest BCUT2D eigenvalue weighted by molar-refractivity contribution is -0.254. The number of aliphatic hydroxyl groups excluding tert-OH is 4. The van der Waals surface area contributed by atoms with Crippen LogP contribution in [0.3, 0.4) is 0 Å². The Kier molecular flexibility index (Phi) is 16.3. The van der Waals surface area contributed by atoms with Gasteiger partial charge in [0.25, 0.3) is 0 Å². The monoisotopic (exact) mass is 619 g/mol. The lowest BCUT2D eigenvalue weighted by atomic mass is 9.98. The summed E-state index contributed by atoms with van der Waals surface area (Å²) in [6, 6.07) is -0.982. The van der Waals surface area contributed by atoms with E-state index in [0.717, 1.165) is 36.8 Å². The Morgan fingerprint density at radius 1 is 1.05 bits per heavy atom. The van der Waals surface area contributed by atoms with E-state index in [0.29, 0.717) is 12.8 Å². The van der Waals surface area contributed by atoms with Crippen molar-refractivity contribution in [2.24, 2.45) is 5.73 Å². The Balaban J connectivity index is 1.87. The molecule has 0 radical (unpaired) electrons. The van der Waals surface area contributed by atoms with E-state index in [9.17, 15) is 34.8 Å². The second-order valence-electron chi connectivity index (χ2n) is 10.1. The Hall–Kier alpha value is -2.34. The second-order valence-corrected chi connectivity index (χ2v) is 11.2. The fourth-order valence-corrected chi connectivity index (χ4v) is 5.01. The highest BCUT2D eigenvalue weighted by atomic mass is 32.2. The summed E-state index contributed by atoms with van der Waals surface area (Å²) in [5.41, 5.74) is 6.03. The van der Waals surface area contributed by atoms with Gasteiger partial charge >= 0.3 is 11.9 Å². The molecule has 1 aromatic heterocycles. The van der Waals surface area contributed by atoms with Crippen LogP contribution in [0.5, 0.6) is 0 Å². The minimum Gasteiger partial charge on any atom is -0.462 e.